The molecule has 1 N–H and O–H groups in total. The van der Waals surface area contributed by atoms with E-state index < -0.39 is 0 Å². The summed E-state index contributed by atoms with van der Waals surface area (Å²) in [5, 5.41) is 9.35. The summed E-state index contributed by atoms with van der Waals surface area (Å²) >= 11 is 0. The Morgan fingerprint density at radius 3 is 2.15 bits per heavy atom. The molecule has 0 aromatic heterocycles. The molecule has 2 rings (SSSR count). The van der Waals surface area contributed by atoms with Crippen LogP contribution in [0.25, 0.3) is 0 Å². The lowest BCUT2D eigenvalue weighted by Crippen LogP contribution is -2.18. The molecule has 0 bridgehead atoms. The van der Waals surface area contributed by atoms with Crippen LogP contribution in [-0.2, 0) is 0 Å². The summed E-state index contributed by atoms with van der Waals surface area (Å²) in [4.78, 5) is 0. The second-order valence-electron chi connectivity index (χ2n) is 6.16. The molecule has 0 aromatic rings. The van der Waals surface area contributed by atoms with Crippen LogP contribution >= 0.6 is 0 Å². The van der Waals surface area contributed by atoms with Crippen LogP contribution in [0.3, 0.4) is 0 Å². The summed E-state index contributed by atoms with van der Waals surface area (Å²) < 4.78 is 0. The monoisotopic (exact) mass is 182 g/mol. The maximum Gasteiger partial charge on any atom is 0.0464 e. The van der Waals surface area contributed by atoms with Crippen molar-refractivity contribution in [3.8, 4) is 0 Å². The van der Waals surface area contributed by atoms with Crippen LogP contribution in [-0.4, -0.2) is 11.7 Å². The summed E-state index contributed by atoms with van der Waals surface area (Å²) in [6.45, 7) is 7.44. The highest BCUT2D eigenvalue weighted by Gasteiger charge is 2.51. The van der Waals surface area contributed by atoms with Crippen molar-refractivity contribution in [1.82, 2.24) is 0 Å². The fourth-order valence-electron chi connectivity index (χ4n) is 2.51. The third kappa shape index (κ3) is 1.76. The highest BCUT2D eigenvalue weighted by molar-refractivity contribution is 5.01. The molecular weight excluding hydrogens is 160 g/mol. The first kappa shape index (κ1) is 9.51. The van der Waals surface area contributed by atoms with Gasteiger partial charge >= 0.3 is 0 Å². The first-order valence-electron chi connectivity index (χ1n) is 5.59. The average molecular weight is 182 g/mol. The smallest absolute Gasteiger partial charge is 0.0464 e. The quantitative estimate of drug-likeness (QED) is 0.709. The number of aliphatic hydroxyl groups excluding tert-OH is 1. The molecule has 2 aliphatic rings. The van der Waals surface area contributed by atoms with Crippen molar-refractivity contribution in [2.45, 2.75) is 46.5 Å². The number of hydrogen-bond donors (Lipinski definition) is 1. The standard InChI is InChI=1S/C12H22O/c1-11(2)7-9(11)6-10(8-13)12(3)4-5-12/h9-10,13H,4-8H2,1-3H3. The van der Waals surface area contributed by atoms with E-state index in [-0.39, 0.29) is 0 Å². The summed E-state index contributed by atoms with van der Waals surface area (Å²) in [6, 6.07) is 0. The number of aliphatic hydroxyl groups is 1. The van der Waals surface area contributed by atoms with Crippen LogP contribution < -0.4 is 0 Å². The van der Waals surface area contributed by atoms with Crippen molar-refractivity contribution in [2.24, 2.45) is 22.7 Å². The third-order valence-corrected chi connectivity index (χ3v) is 4.53. The van der Waals surface area contributed by atoms with Gasteiger partial charge in [0.2, 0.25) is 0 Å². The molecule has 0 aliphatic heterocycles. The van der Waals surface area contributed by atoms with Gasteiger partial charge in [0.1, 0.15) is 0 Å². The predicted octanol–water partition coefficient (Wildman–Crippen LogP) is 2.83. The molecule has 2 saturated carbocycles. The Kier molecular flexibility index (Phi) is 1.99. The second-order valence-corrected chi connectivity index (χ2v) is 6.16. The van der Waals surface area contributed by atoms with E-state index in [9.17, 15) is 5.11 Å². The van der Waals surface area contributed by atoms with Crippen LogP contribution in [0.1, 0.15) is 46.5 Å². The minimum atomic E-state index is 0.406. The van der Waals surface area contributed by atoms with Crippen molar-refractivity contribution < 1.29 is 5.11 Å². The van der Waals surface area contributed by atoms with Gasteiger partial charge in [-0.3, -0.25) is 0 Å². The molecule has 0 spiro atoms. The molecular formula is C12H22O. The third-order valence-electron chi connectivity index (χ3n) is 4.53. The van der Waals surface area contributed by atoms with E-state index in [1.54, 1.807) is 0 Å². The molecule has 0 saturated heterocycles. The Hall–Kier alpha value is -0.0400. The zero-order valence-corrected chi connectivity index (χ0v) is 9.14. The molecule has 2 aliphatic carbocycles. The van der Waals surface area contributed by atoms with Gasteiger partial charge in [-0.25, -0.2) is 0 Å². The minimum absolute atomic E-state index is 0.406. The lowest BCUT2D eigenvalue weighted by atomic mass is 9.85. The molecule has 1 nitrogen and oxygen atoms in total. The van der Waals surface area contributed by atoms with E-state index in [0.717, 1.165) is 5.92 Å². The predicted molar refractivity (Wildman–Crippen MR) is 54.4 cm³/mol. The van der Waals surface area contributed by atoms with Crippen LogP contribution in [0, 0.1) is 22.7 Å². The maximum atomic E-state index is 9.35. The van der Waals surface area contributed by atoms with Gasteiger partial charge in [-0.1, -0.05) is 20.8 Å². The Balaban J connectivity index is 1.86. The summed E-state index contributed by atoms with van der Waals surface area (Å²) in [6.07, 6.45) is 5.32. The first-order valence-corrected chi connectivity index (χ1v) is 5.59. The van der Waals surface area contributed by atoms with Gasteiger partial charge in [0.25, 0.3) is 0 Å². The largest absolute Gasteiger partial charge is 0.396 e. The molecule has 2 unspecified atom stereocenters. The molecule has 1 heteroatoms. The minimum Gasteiger partial charge on any atom is -0.396 e. The van der Waals surface area contributed by atoms with Crippen molar-refractivity contribution in [3.05, 3.63) is 0 Å². The molecule has 2 fully saturated rings. The van der Waals surface area contributed by atoms with Gasteiger partial charge < -0.3 is 5.11 Å². The highest BCUT2D eigenvalue weighted by atomic mass is 16.3. The Morgan fingerprint density at radius 1 is 1.31 bits per heavy atom. The lowest BCUT2D eigenvalue weighted by molar-refractivity contribution is 0.153. The van der Waals surface area contributed by atoms with Crippen LogP contribution in [0.15, 0.2) is 0 Å². The first-order chi connectivity index (χ1) is 5.98. The second kappa shape index (κ2) is 2.73. The Labute approximate surface area is 81.5 Å². The average Bonchev–Trinajstić information content (AvgIpc) is 2.89. The van der Waals surface area contributed by atoms with Crippen molar-refractivity contribution in [3.63, 3.8) is 0 Å². The Bertz CT molecular complexity index is 203. The summed E-state index contributed by atoms with van der Waals surface area (Å²) in [5.41, 5.74) is 1.09. The van der Waals surface area contributed by atoms with Crippen molar-refractivity contribution >= 4 is 0 Å². The lowest BCUT2D eigenvalue weighted by Gasteiger charge is -2.21. The van der Waals surface area contributed by atoms with E-state index in [2.05, 4.69) is 20.8 Å². The van der Waals surface area contributed by atoms with Gasteiger partial charge in [-0.05, 0) is 48.3 Å². The molecule has 0 aromatic carbocycles. The topological polar surface area (TPSA) is 20.2 Å². The summed E-state index contributed by atoms with van der Waals surface area (Å²) in [5.74, 6) is 1.47. The van der Waals surface area contributed by atoms with Crippen LogP contribution in [0.5, 0.6) is 0 Å². The molecule has 0 radical (unpaired) electrons. The molecule has 76 valence electrons. The molecule has 13 heavy (non-hydrogen) atoms. The van der Waals surface area contributed by atoms with Gasteiger partial charge in [-0.15, -0.1) is 0 Å². The van der Waals surface area contributed by atoms with E-state index in [1.165, 1.54) is 25.7 Å². The van der Waals surface area contributed by atoms with E-state index >= 15 is 0 Å². The van der Waals surface area contributed by atoms with Gasteiger partial charge in [0.15, 0.2) is 0 Å². The number of rotatable bonds is 4. The summed E-state index contributed by atoms with van der Waals surface area (Å²) in [7, 11) is 0. The van der Waals surface area contributed by atoms with E-state index in [4.69, 9.17) is 0 Å². The van der Waals surface area contributed by atoms with E-state index in [0.29, 0.717) is 23.4 Å². The molecule has 0 heterocycles. The van der Waals surface area contributed by atoms with Crippen LogP contribution in [0.2, 0.25) is 0 Å². The SMILES string of the molecule is CC1(C)CC1CC(CO)C1(C)CC1. The zero-order chi connectivity index (χ0) is 9.69. The van der Waals surface area contributed by atoms with Crippen LogP contribution in [0.4, 0.5) is 0 Å². The Morgan fingerprint density at radius 2 is 1.85 bits per heavy atom. The zero-order valence-electron chi connectivity index (χ0n) is 9.14. The maximum absolute atomic E-state index is 9.35. The molecule has 0 amide bonds. The number of hydrogen-bond acceptors (Lipinski definition) is 1. The molecule has 2 atom stereocenters. The van der Waals surface area contributed by atoms with Gasteiger partial charge in [0, 0.05) is 6.61 Å². The van der Waals surface area contributed by atoms with Crippen molar-refractivity contribution in [1.29, 1.82) is 0 Å². The normalized spacial score (nSPS) is 35.5. The van der Waals surface area contributed by atoms with Gasteiger partial charge in [-0.2, -0.15) is 0 Å². The van der Waals surface area contributed by atoms with Gasteiger partial charge in [0.05, 0.1) is 0 Å². The van der Waals surface area contributed by atoms with E-state index in [1.807, 2.05) is 0 Å². The van der Waals surface area contributed by atoms with Crippen molar-refractivity contribution in [2.75, 3.05) is 6.61 Å². The fraction of sp³-hybridized carbons (Fsp3) is 1.00. The highest BCUT2D eigenvalue weighted by Crippen LogP contribution is 2.60. The fourth-order valence-corrected chi connectivity index (χ4v) is 2.51.